The van der Waals surface area contributed by atoms with Crippen LogP contribution in [-0.2, 0) is 17.9 Å². The zero-order valence-electron chi connectivity index (χ0n) is 17.1. The summed E-state index contributed by atoms with van der Waals surface area (Å²) in [5.41, 5.74) is 2.31. The van der Waals surface area contributed by atoms with Crippen molar-refractivity contribution in [3.05, 3.63) is 110 Å². The molecule has 1 amide bonds. The summed E-state index contributed by atoms with van der Waals surface area (Å²) in [5, 5.41) is 10.9. The van der Waals surface area contributed by atoms with E-state index in [1.807, 2.05) is 12.1 Å². The van der Waals surface area contributed by atoms with E-state index in [-0.39, 0.29) is 30.6 Å². The van der Waals surface area contributed by atoms with Crippen LogP contribution in [0, 0.1) is 15.9 Å². The van der Waals surface area contributed by atoms with Crippen molar-refractivity contribution in [3.8, 4) is 5.75 Å². The lowest BCUT2D eigenvalue weighted by Crippen LogP contribution is -2.27. The molecule has 0 spiro atoms. The smallest absolute Gasteiger partial charge is 0.269 e. The molecule has 0 radical (unpaired) electrons. The fourth-order valence-corrected chi connectivity index (χ4v) is 4.40. The monoisotopic (exact) mass is 480 g/mol. The Morgan fingerprint density at radius 1 is 1.06 bits per heavy atom. The molecule has 166 valence electrons. The molecule has 0 atom stereocenters. The van der Waals surface area contributed by atoms with Crippen molar-refractivity contribution < 1.29 is 18.8 Å². The summed E-state index contributed by atoms with van der Waals surface area (Å²) in [4.78, 5) is 25.2. The van der Waals surface area contributed by atoms with E-state index in [1.54, 1.807) is 42.5 Å². The Morgan fingerprint density at radius 2 is 1.79 bits per heavy atom. The summed E-state index contributed by atoms with van der Waals surface area (Å²) in [5.74, 6) is 0.0735. The molecule has 0 saturated carbocycles. The van der Waals surface area contributed by atoms with E-state index >= 15 is 0 Å². The van der Waals surface area contributed by atoms with Gasteiger partial charge < -0.3 is 4.74 Å². The second-order valence-corrected chi connectivity index (χ2v) is 8.85. The van der Waals surface area contributed by atoms with E-state index < -0.39 is 4.92 Å². The molecule has 0 unspecified atom stereocenters. The summed E-state index contributed by atoms with van der Waals surface area (Å²) in [6.07, 6.45) is 1.76. The average molecular weight is 481 g/mol. The minimum Gasteiger partial charge on any atom is -0.489 e. The molecule has 6 nitrogen and oxygen atoms in total. The number of nitro groups is 1. The van der Waals surface area contributed by atoms with E-state index in [9.17, 15) is 19.3 Å². The second kappa shape index (κ2) is 9.93. The van der Waals surface area contributed by atoms with Gasteiger partial charge in [0.25, 0.3) is 11.6 Å². The van der Waals surface area contributed by atoms with Crippen LogP contribution in [0.1, 0.15) is 16.7 Å². The maximum Gasteiger partial charge on any atom is 0.269 e. The highest BCUT2D eigenvalue weighted by Gasteiger charge is 2.31. The summed E-state index contributed by atoms with van der Waals surface area (Å²) in [6.45, 7) is 0.482. The highest BCUT2D eigenvalue weighted by molar-refractivity contribution is 8.26. The lowest BCUT2D eigenvalue weighted by Gasteiger charge is -2.14. The molecule has 9 heteroatoms. The van der Waals surface area contributed by atoms with Crippen LogP contribution >= 0.6 is 24.0 Å². The van der Waals surface area contributed by atoms with Crippen LogP contribution in [0.3, 0.4) is 0 Å². The largest absolute Gasteiger partial charge is 0.489 e. The molecule has 1 fully saturated rings. The molecule has 3 aromatic rings. The highest BCUT2D eigenvalue weighted by Crippen LogP contribution is 2.34. The van der Waals surface area contributed by atoms with Crippen LogP contribution in [0.15, 0.2) is 77.7 Å². The van der Waals surface area contributed by atoms with Gasteiger partial charge in [0.1, 0.15) is 22.5 Å². The van der Waals surface area contributed by atoms with E-state index in [0.717, 1.165) is 11.1 Å². The van der Waals surface area contributed by atoms with Gasteiger partial charge in [0.15, 0.2) is 0 Å². The van der Waals surface area contributed by atoms with Crippen LogP contribution in [0.5, 0.6) is 5.75 Å². The first-order valence-corrected chi connectivity index (χ1v) is 11.1. The van der Waals surface area contributed by atoms with E-state index in [2.05, 4.69) is 0 Å². The molecule has 3 aromatic carbocycles. The topological polar surface area (TPSA) is 72.7 Å². The maximum absolute atomic E-state index is 13.1. The number of nitrogens with zero attached hydrogens (tertiary/aromatic N) is 2. The Hall–Kier alpha value is -3.56. The van der Waals surface area contributed by atoms with Crippen LogP contribution in [0.4, 0.5) is 10.1 Å². The maximum atomic E-state index is 13.1. The van der Waals surface area contributed by atoms with Crippen LogP contribution in [0.2, 0.25) is 0 Å². The lowest BCUT2D eigenvalue weighted by atomic mass is 10.2. The SMILES string of the molecule is O=C1/C(=C\c2ccc(OCc3cccc([N+](=O)[O-])c3)cc2)SC(=S)N1Cc1ccc(F)cc1. The van der Waals surface area contributed by atoms with Crippen molar-refractivity contribution in [3.63, 3.8) is 0 Å². The first-order chi connectivity index (χ1) is 15.9. The number of rotatable bonds is 7. The van der Waals surface area contributed by atoms with Crippen LogP contribution in [-0.4, -0.2) is 20.1 Å². The molecule has 4 rings (SSSR count). The summed E-state index contributed by atoms with van der Waals surface area (Å²) < 4.78 is 19.3. The number of carbonyl (C=O) groups excluding carboxylic acids is 1. The van der Waals surface area contributed by atoms with Gasteiger partial charge in [-0.3, -0.25) is 19.8 Å². The minimum absolute atomic E-state index is 0.0168. The zero-order valence-corrected chi connectivity index (χ0v) is 18.8. The number of non-ortho nitro benzene ring substituents is 1. The highest BCUT2D eigenvalue weighted by atomic mass is 32.2. The zero-order chi connectivity index (χ0) is 23.4. The first kappa shape index (κ1) is 22.6. The number of thioether (sulfide) groups is 1. The number of hydrogen-bond acceptors (Lipinski definition) is 6. The van der Waals surface area contributed by atoms with E-state index in [1.165, 1.54) is 40.9 Å². The van der Waals surface area contributed by atoms with E-state index in [4.69, 9.17) is 17.0 Å². The molecule has 0 N–H and O–H groups in total. The van der Waals surface area contributed by atoms with Crippen molar-refractivity contribution in [2.45, 2.75) is 13.2 Å². The Labute approximate surface area is 198 Å². The van der Waals surface area contributed by atoms with Crippen LogP contribution in [0.25, 0.3) is 6.08 Å². The number of thiocarbonyl (C=S) groups is 1. The fraction of sp³-hybridized carbons (Fsp3) is 0.0833. The number of ether oxygens (including phenoxy) is 1. The van der Waals surface area contributed by atoms with Crippen molar-refractivity contribution in [2.75, 3.05) is 0 Å². The van der Waals surface area contributed by atoms with E-state index in [0.29, 0.717) is 20.5 Å². The van der Waals surface area contributed by atoms with Crippen molar-refractivity contribution in [2.24, 2.45) is 0 Å². The quantitative estimate of drug-likeness (QED) is 0.187. The number of hydrogen-bond donors (Lipinski definition) is 0. The van der Waals surface area contributed by atoms with Crippen LogP contribution < -0.4 is 4.74 Å². The number of nitro benzene ring substituents is 1. The normalized spacial score (nSPS) is 14.7. The predicted octanol–water partition coefficient (Wildman–Crippen LogP) is 5.71. The Kier molecular flexibility index (Phi) is 6.81. The second-order valence-electron chi connectivity index (χ2n) is 7.18. The van der Waals surface area contributed by atoms with Crippen molar-refractivity contribution in [1.29, 1.82) is 0 Å². The fourth-order valence-electron chi connectivity index (χ4n) is 3.15. The molecule has 0 aliphatic carbocycles. The molecule has 33 heavy (non-hydrogen) atoms. The number of amides is 1. The van der Waals surface area contributed by atoms with Gasteiger partial charge in [-0.05, 0) is 47.0 Å². The average Bonchev–Trinajstić information content (AvgIpc) is 3.07. The molecular formula is C24H17FN2O4S2. The van der Waals surface area contributed by atoms with Gasteiger partial charge in [-0.15, -0.1) is 0 Å². The number of benzene rings is 3. The van der Waals surface area contributed by atoms with Gasteiger partial charge in [-0.2, -0.15) is 0 Å². The Morgan fingerprint density at radius 3 is 2.48 bits per heavy atom. The van der Waals surface area contributed by atoms with Gasteiger partial charge in [0, 0.05) is 12.1 Å². The summed E-state index contributed by atoms with van der Waals surface area (Å²) in [7, 11) is 0. The first-order valence-electron chi connectivity index (χ1n) is 9.85. The Bertz CT molecular complexity index is 1240. The third-order valence-corrected chi connectivity index (χ3v) is 6.21. The molecule has 0 bridgehead atoms. The third kappa shape index (κ3) is 5.63. The van der Waals surface area contributed by atoms with Gasteiger partial charge >= 0.3 is 0 Å². The molecule has 1 aliphatic rings. The number of carbonyl (C=O) groups is 1. The molecule has 1 heterocycles. The predicted molar refractivity (Wildman–Crippen MR) is 129 cm³/mol. The molecule has 1 aliphatic heterocycles. The van der Waals surface area contributed by atoms with Gasteiger partial charge in [0.2, 0.25) is 0 Å². The number of halogens is 1. The molecular weight excluding hydrogens is 463 g/mol. The standard InChI is InChI=1S/C24H17FN2O4S2/c25-19-8-4-17(5-9-19)14-26-23(28)22(33-24(26)32)13-16-6-10-21(11-7-16)31-15-18-2-1-3-20(12-18)27(29)30/h1-13H,14-15H2/b22-13+. The van der Waals surface area contributed by atoms with Gasteiger partial charge in [0.05, 0.1) is 16.4 Å². The summed E-state index contributed by atoms with van der Waals surface area (Å²) in [6, 6.07) is 19.4. The minimum atomic E-state index is -0.444. The van der Waals surface area contributed by atoms with Crippen molar-refractivity contribution in [1.82, 2.24) is 4.90 Å². The molecule has 1 saturated heterocycles. The molecule has 0 aromatic heterocycles. The third-order valence-electron chi connectivity index (χ3n) is 4.83. The van der Waals surface area contributed by atoms with Gasteiger partial charge in [-0.1, -0.05) is 60.4 Å². The summed E-state index contributed by atoms with van der Waals surface area (Å²) >= 11 is 6.58. The Balaban J connectivity index is 1.39. The van der Waals surface area contributed by atoms with Crippen molar-refractivity contribution >= 4 is 46.0 Å². The van der Waals surface area contributed by atoms with Gasteiger partial charge in [-0.25, -0.2) is 4.39 Å². The lowest BCUT2D eigenvalue weighted by molar-refractivity contribution is -0.384.